The molecule has 1 aromatic heterocycles. The zero-order valence-electron chi connectivity index (χ0n) is 11.9. The second kappa shape index (κ2) is 7.04. The lowest BCUT2D eigenvalue weighted by Crippen LogP contribution is -2.10. The number of methoxy groups -OCH3 is 1. The molecule has 2 aromatic rings. The van der Waals surface area contributed by atoms with Crippen LogP contribution in [0.15, 0.2) is 24.3 Å². The van der Waals surface area contributed by atoms with Crippen molar-refractivity contribution in [2.75, 3.05) is 19.0 Å². The third kappa shape index (κ3) is 3.92. The maximum atomic E-state index is 11.0. The topological polar surface area (TPSA) is 64.1 Å². The Morgan fingerprint density at radius 3 is 2.62 bits per heavy atom. The highest BCUT2D eigenvalue weighted by atomic mass is 35.5. The third-order valence-corrected chi connectivity index (χ3v) is 3.28. The molecule has 1 aromatic carbocycles. The molecule has 0 unspecified atom stereocenters. The van der Waals surface area contributed by atoms with Gasteiger partial charge in [-0.2, -0.15) is 0 Å². The molecule has 0 atom stereocenters. The summed E-state index contributed by atoms with van der Waals surface area (Å²) in [5, 5.41) is 3.30. The standard InChI is InChI=1S/C15H16ClN3O2/c1-10-18-14(16)13(9-20)15(19-10)17-8-7-11-3-5-12(21-2)6-4-11/h3-6,9H,7-8H2,1-2H3,(H,17,18,19). The van der Waals surface area contributed by atoms with Crippen LogP contribution < -0.4 is 10.1 Å². The van der Waals surface area contributed by atoms with Crippen molar-refractivity contribution in [3.63, 3.8) is 0 Å². The van der Waals surface area contributed by atoms with Crippen molar-refractivity contribution in [3.05, 3.63) is 46.4 Å². The van der Waals surface area contributed by atoms with E-state index in [1.54, 1.807) is 14.0 Å². The number of benzene rings is 1. The summed E-state index contributed by atoms with van der Waals surface area (Å²) in [6.07, 6.45) is 1.46. The smallest absolute Gasteiger partial charge is 0.156 e. The minimum Gasteiger partial charge on any atom is -0.497 e. The van der Waals surface area contributed by atoms with Crippen molar-refractivity contribution in [3.8, 4) is 5.75 Å². The third-order valence-electron chi connectivity index (χ3n) is 2.99. The highest BCUT2D eigenvalue weighted by molar-refractivity contribution is 6.32. The maximum absolute atomic E-state index is 11.0. The van der Waals surface area contributed by atoms with Crippen molar-refractivity contribution < 1.29 is 9.53 Å². The second-order valence-corrected chi connectivity index (χ2v) is 4.82. The van der Waals surface area contributed by atoms with Gasteiger partial charge in [-0.05, 0) is 31.0 Å². The highest BCUT2D eigenvalue weighted by Gasteiger charge is 2.10. The Morgan fingerprint density at radius 1 is 1.29 bits per heavy atom. The minimum absolute atomic E-state index is 0.171. The SMILES string of the molecule is COc1ccc(CCNc2nc(C)nc(Cl)c2C=O)cc1. The molecule has 110 valence electrons. The van der Waals surface area contributed by atoms with E-state index in [1.165, 1.54) is 0 Å². The number of hydrogen-bond donors (Lipinski definition) is 1. The summed E-state index contributed by atoms with van der Waals surface area (Å²) in [5.41, 5.74) is 1.45. The normalized spacial score (nSPS) is 10.2. The summed E-state index contributed by atoms with van der Waals surface area (Å²) in [5.74, 6) is 1.82. The van der Waals surface area contributed by atoms with Crippen molar-refractivity contribution >= 4 is 23.7 Å². The van der Waals surface area contributed by atoms with Gasteiger partial charge in [0, 0.05) is 6.54 Å². The highest BCUT2D eigenvalue weighted by Crippen LogP contribution is 2.19. The van der Waals surface area contributed by atoms with Gasteiger partial charge in [0.1, 0.15) is 22.5 Å². The number of aldehydes is 1. The zero-order valence-corrected chi connectivity index (χ0v) is 12.6. The molecular weight excluding hydrogens is 290 g/mol. The molecule has 6 heteroatoms. The van der Waals surface area contributed by atoms with E-state index < -0.39 is 0 Å². The predicted octanol–water partition coefficient (Wildman–Crippen LogP) is 2.91. The Balaban J connectivity index is 2.01. The van der Waals surface area contributed by atoms with Crippen LogP contribution >= 0.6 is 11.6 Å². The van der Waals surface area contributed by atoms with Crippen LogP contribution in [0.1, 0.15) is 21.7 Å². The number of carbonyl (C=O) groups is 1. The monoisotopic (exact) mass is 305 g/mol. The molecule has 2 rings (SSSR count). The van der Waals surface area contributed by atoms with Gasteiger partial charge in [-0.3, -0.25) is 4.79 Å². The van der Waals surface area contributed by atoms with E-state index in [0.717, 1.165) is 17.7 Å². The Bertz CT molecular complexity index is 630. The van der Waals surface area contributed by atoms with E-state index in [4.69, 9.17) is 16.3 Å². The lowest BCUT2D eigenvalue weighted by atomic mass is 10.1. The van der Waals surface area contributed by atoms with Crippen molar-refractivity contribution in [2.24, 2.45) is 0 Å². The molecule has 0 bridgehead atoms. The number of nitrogens with zero attached hydrogens (tertiary/aromatic N) is 2. The van der Waals surface area contributed by atoms with Gasteiger partial charge in [-0.15, -0.1) is 0 Å². The number of anilines is 1. The van der Waals surface area contributed by atoms with Gasteiger partial charge in [0.25, 0.3) is 0 Å². The molecule has 21 heavy (non-hydrogen) atoms. The van der Waals surface area contributed by atoms with Crippen molar-refractivity contribution in [1.82, 2.24) is 9.97 Å². The van der Waals surface area contributed by atoms with Crippen LogP contribution in [-0.4, -0.2) is 29.9 Å². The molecule has 0 aliphatic rings. The second-order valence-electron chi connectivity index (χ2n) is 4.47. The van der Waals surface area contributed by atoms with Gasteiger partial charge in [0.15, 0.2) is 6.29 Å². The molecule has 0 saturated heterocycles. The number of carbonyl (C=O) groups excluding carboxylic acids is 1. The molecule has 0 aliphatic carbocycles. The molecule has 5 nitrogen and oxygen atoms in total. The average Bonchev–Trinajstić information content (AvgIpc) is 2.47. The van der Waals surface area contributed by atoms with E-state index in [-0.39, 0.29) is 10.7 Å². The lowest BCUT2D eigenvalue weighted by Gasteiger charge is -2.09. The lowest BCUT2D eigenvalue weighted by molar-refractivity contribution is 0.112. The number of aromatic nitrogens is 2. The fraction of sp³-hybridized carbons (Fsp3) is 0.267. The Morgan fingerprint density at radius 2 is 2.00 bits per heavy atom. The largest absolute Gasteiger partial charge is 0.497 e. The van der Waals surface area contributed by atoms with Gasteiger partial charge in [-0.1, -0.05) is 23.7 Å². The summed E-state index contributed by atoms with van der Waals surface area (Å²) >= 11 is 5.93. The molecule has 1 heterocycles. The van der Waals surface area contributed by atoms with Gasteiger partial charge in [0.2, 0.25) is 0 Å². The maximum Gasteiger partial charge on any atom is 0.156 e. The van der Waals surface area contributed by atoms with E-state index in [9.17, 15) is 4.79 Å². The van der Waals surface area contributed by atoms with Crippen LogP contribution in [0.3, 0.4) is 0 Å². The fourth-order valence-electron chi connectivity index (χ4n) is 1.90. The first-order valence-electron chi connectivity index (χ1n) is 6.50. The number of aryl methyl sites for hydroxylation is 1. The fourth-order valence-corrected chi connectivity index (χ4v) is 2.16. The van der Waals surface area contributed by atoms with Gasteiger partial charge < -0.3 is 10.1 Å². The first-order chi connectivity index (χ1) is 10.1. The van der Waals surface area contributed by atoms with Crippen LogP contribution in [0.5, 0.6) is 5.75 Å². The number of ether oxygens (including phenoxy) is 1. The van der Waals surface area contributed by atoms with Crippen LogP contribution in [0.4, 0.5) is 5.82 Å². The summed E-state index contributed by atoms with van der Waals surface area (Å²) < 4.78 is 5.11. The van der Waals surface area contributed by atoms with Crippen LogP contribution in [0.2, 0.25) is 5.15 Å². The van der Waals surface area contributed by atoms with E-state index in [2.05, 4.69) is 15.3 Å². The molecule has 0 saturated carbocycles. The number of nitrogens with one attached hydrogen (secondary N) is 1. The Labute approximate surface area is 128 Å². The minimum atomic E-state index is 0.171. The number of hydrogen-bond acceptors (Lipinski definition) is 5. The summed E-state index contributed by atoms with van der Waals surface area (Å²) in [6.45, 7) is 2.37. The zero-order chi connectivity index (χ0) is 15.2. The molecule has 0 spiro atoms. The first-order valence-corrected chi connectivity index (χ1v) is 6.88. The molecule has 1 N–H and O–H groups in total. The summed E-state index contributed by atoms with van der Waals surface area (Å²) in [4.78, 5) is 19.2. The molecule has 0 radical (unpaired) electrons. The molecule has 0 aliphatic heterocycles. The average molecular weight is 306 g/mol. The quantitative estimate of drug-likeness (QED) is 0.656. The van der Waals surface area contributed by atoms with Gasteiger partial charge >= 0.3 is 0 Å². The molecular formula is C15H16ClN3O2. The Kier molecular flexibility index (Phi) is 5.11. The number of rotatable bonds is 6. The summed E-state index contributed by atoms with van der Waals surface area (Å²) in [6, 6.07) is 7.83. The first kappa shape index (κ1) is 15.3. The van der Waals surface area contributed by atoms with Gasteiger partial charge in [0.05, 0.1) is 12.7 Å². The van der Waals surface area contributed by atoms with Gasteiger partial charge in [-0.25, -0.2) is 9.97 Å². The van der Waals surface area contributed by atoms with E-state index in [1.807, 2.05) is 24.3 Å². The predicted molar refractivity (Wildman–Crippen MR) is 82.4 cm³/mol. The van der Waals surface area contributed by atoms with Crippen LogP contribution in [0, 0.1) is 6.92 Å². The van der Waals surface area contributed by atoms with Crippen LogP contribution in [-0.2, 0) is 6.42 Å². The van der Waals surface area contributed by atoms with E-state index >= 15 is 0 Å². The van der Waals surface area contributed by atoms with E-state index in [0.29, 0.717) is 24.5 Å². The Hall–Kier alpha value is -2.14. The molecule has 0 amide bonds. The van der Waals surface area contributed by atoms with Crippen molar-refractivity contribution in [2.45, 2.75) is 13.3 Å². The molecule has 0 fully saturated rings. The van der Waals surface area contributed by atoms with Crippen molar-refractivity contribution in [1.29, 1.82) is 0 Å². The van der Waals surface area contributed by atoms with Crippen LogP contribution in [0.25, 0.3) is 0 Å². The number of halogens is 1. The summed E-state index contributed by atoms with van der Waals surface area (Å²) in [7, 11) is 1.64.